The van der Waals surface area contributed by atoms with Crippen molar-refractivity contribution in [1.29, 1.82) is 0 Å². The molecule has 14 heteroatoms. The number of rotatable bonds is 6. The molecule has 1 rings (SSSR count). The fraction of sp³-hybridized carbons (Fsp3) is 0.500. The van der Waals surface area contributed by atoms with Gasteiger partial charge in [0.2, 0.25) is 6.10 Å². The van der Waals surface area contributed by atoms with E-state index in [1.54, 1.807) is 0 Å². The first-order valence-corrected chi connectivity index (χ1v) is 6.33. The van der Waals surface area contributed by atoms with E-state index in [2.05, 4.69) is 9.72 Å². The molecule has 1 atom stereocenters. The summed E-state index contributed by atoms with van der Waals surface area (Å²) < 4.78 is 128. The van der Waals surface area contributed by atoms with Gasteiger partial charge in [-0.25, -0.2) is 0 Å². The minimum Gasteiger partial charge on any atom is -0.349 e. The fourth-order valence-electron chi connectivity index (χ4n) is 1.44. The van der Waals surface area contributed by atoms with E-state index in [0.717, 1.165) is 12.4 Å². The summed E-state index contributed by atoms with van der Waals surface area (Å²) in [5.41, 5.74) is 0.140. The molecule has 1 heterocycles. The van der Waals surface area contributed by atoms with E-state index in [0.29, 0.717) is 0 Å². The number of hydrogen-bond acceptors (Lipinski definition) is 3. The Bertz CT molecular complexity index is 615. The maximum atomic E-state index is 13.0. The highest BCUT2D eigenvalue weighted by Crippen LogP contribution is 2.48. The maximum absolute atomic E-state index is 13.0. The van der Waals surface area contributed by atoms with Crippen molar-refractivity contribution in [3.63, 3.8) is 0 Å². The number of pyridine rings is 1. The third-order valence-electron chi connectivity index (χ3n) is 2.74. The summed E-state index contributed by atoms with van der Waals surface area (Å²) in [5.74, 6) is -9.35. The topological polar surface area (TPSA) is 51.2 Å². The summed E-state index contributed by atoms with van der Waals surface area (Å²) in [6, 6.07) is 2.41. The van der Waals surface area contributed by atoms with E-state index >= 15 is 0 Å². The van der Waals surface area contributed by atoms with E-state index in [-0.39, 0.29) is 5.56 Å². The number of ether oxygens (including phenoxy) is 1. The number of hydrogen-bond donors (Lipinski definition) is 1. The SMILES string of the molecule is O=C(NCc1ccncc1)C(OC(F)(F)C(F)(F)C(F)(F)F)C(F)(F)F. The lowest BCUT2D eigenvalue weighted by atomic mass is 10.2. The number of halogens is 10. The number of nitrogens with one attached hydrogen (secondary N) is 1. The smallest absolute Gasteiger partial charge is 0.349 e. The van der Waals surface area contributed by atoms with Crippen molar-refractivity contribution in [2.45, 2.75) is 37.0 Å². The Labute approximate surface area is 138 Å². The highest BCUT2D eigenvalue weighted by atomic mass is 19.4. The normalized spacial score (nSPS) is 14.8. The van der Waals surface area contributed by atoms with Crippen LogP contribution in [-0.4, -0.2) is 41.4 Å². The molecule has 1 N–H and O–H groups in total. The van der Waals surface area contributed by atoms with Gasteiger partial charge < -0.3 is 5.32 Å². The first kappa shape index (κ1) is 21.9. The molecule has 0 aliphatic rings. The van der Waals surface area contributed by atoms with E-state index in [9.17, 15) is 48.7 Å². The van der Waals surface area contributed by atoms with Gasteiger partial charge >= 0.3 is 24.4 Å². The van der Waals surface area contributed by atoms with Gasteiger partial charge in [0.15, 0.2) is 0 Å². The van der Waals surface area contributed by atoms with Crippen LogP contribution in [0.2, 0.25) is 0 Å². The zero-order valence-electron chi connectivity index (χ0n) is 12.1. The molecule has 1 amide bonds. The largest absolute Gasteiger partial charge is 0.462 e. The summed E-state index contributed by atoms with van der Waals surface area (Å²) in [7, 11) is 0. The molecule has 0 saturated heterocycles. The van der Waals surface area contributed by atoms with E-state index in [1.807, 2.05) is 0 Å². The van der Waals surface area contributed by atoms with Crippen LogP contribution < -0.4 is 5.32 Å². The average Bonchev–Trinajstić information content (AvgIpc) is 2.49. The summed E-state index contributed by atoms with van der Waals surface area (Å²) in [5, 5.41) is 1.45. The Balaban J connectivity index is 2.98. The van der Waals surface area contributed by atoms with Crippen molar-refractivity contribution in [3.8, 4) is 0 Å². The highest BCUT2D eigenvalue weighted by Gasteiger charge is 2.76. The zero-order valence-corrected chi connectivity index (χ0v) is 12.1. The van der Waals surface area contributed by atoms with Crippen molar-refractivity contribution < 1.29 is 53.4 Å². The molecule has 1 aromatic rings. The quantitative estimate of drug-likeness (QED) is 0.742. The molecule has 0 aliphatic carbocycles. The second-order valence-corrected chi connectivity index (χ2v) is 4.70. The maximum Gasteiger partial charge on any atom is 0.462 e. The van der Waals surface area contributed by atoms with Gasteiger partial charge in [0.05, 0.1) is 0 Å². The molecule has 1 aromatic heterocycles. The van der Waals surface area contributed by atoms with Crippen LogP contribution in [0.3, 0.4) is 0 Å². The number of nitrogens with zero attached hydrogens (tertiary/aromatic N) is 1. The van der Waals surface area contributed by atoms with Crippen LogP contribution in [0.25, 0.3) is 0 Å². The van der Waals surface area contributed by atoms with Gasteiger partial charge in [-0.2, -0.15) is 43.9 Å². The molecule has 0 bridgehead atoms. The third-order valence-corrected chi connectivity index (χ3v) is 2.74. The lowest BCUT2D eigenvalue weighted by Crippen LogP contribution is -2.58. The van der Waals surface area contributed by atoms with E-state index in [4.69, 9.17) is 0 Å². The molecule has 26 heavy (non-hydrogen) atoms. The molecule has 0 fully saturated rings. The number of amides is 1. The standard InChI is InChI=1S/C12H8F10N2O2/c13-9(14,15)7(8(25)24-5-6-1-3-23-4-2-6)26-12(21,22)10(16,17)11(18,19)20/h1-4,7H,5H2,(H,24,25). The first-order chi connectivity index (χ1) is 11.6. The molecule has 1 unspecified atom stereocenters. The summed E-state index contributed by atoms with van der Waals surface area (Å²) in [6.45, 7) is -0.682. The summed E-state index contributed by atoms with van der Waals surface area (Å²) >= 11 is 0. The predicted octanol–water partition coefficient (Wildman–Crippen LogP) is 3.44. The molecule has 0 radical (unpaired) electrons. The molecule has 4 nitrogen and oxygen atoms in total. The third kappa shape index (κ3) is 4.95. The van der Waals surface area contributed by atoms with Gasteiger partial charge in [0.25, 0.3) is 5.91 Å². The Morgan fingerprint density at radius 3 is 1.92 bits per heavy atom. The molecule has 148 valence electrons. The number of alkyl halides is 10. The van der Waals surface area contributed by atoms with Crippen LogP contribution in [0.1, 0.15) is 5.56 Å². The van der Waals surface area contributed by atoms with Crippen molar-refractivity contribution in [2.24, 2.45) is 0 Å². The van der Waals surface area contributed by atoms with Gasteiger partial charge in [-0.1, -0.05) is 0 Å². The van der Waals surface area contributed by atoms with Crippen molar-refractivity contribution in [2.75, 3.05) is 0 Å². The molecule has 0 spiro atoms. The van der Waals surface area contributed by atoms with Crippen molar-refractivity contribution in [1.82, 2.24) is 10.3 Å². The van der Waals surface area contributed by atoms with Crippen LogP contribution in [0.4, 0.5) is 43.9 Å². The molecule has 0 saturated carbocycles. The summed E-state index contributed by atoms with van der Waals surface area (Å²) in [4.78, 5) is 14.9. The average molecular weight is 402 g/mol. The van der Waals surface area contributed by atoms with Gasteiger partial charge in [0.1, 0.15) is 0 Å². The van der Waals surface area contributed by atoms with Gasteiger partial charge in [-0.05, 0) is 17.7 Å². The summed E-state index contributed by atoms with van der Waals surface area (Å²) in [6.07, 6.45) is -21.5. The lowest BCUT2D eigenvalue weighted by Gasteiger charge is -2.31. The second kappa shape index (κ2) is 7.25. The number of carbonyl (C=O) groups excluding carboxylic acids is 1. The number of carbonyl (C=O) groups is 1. The second-order valence-electron chi connectivity index (χ2n) is 4.70. The van der Waals surface area contributed by atoms with Gasteiger partial charge in [-0.3, -0.25) is 14.5 Å². The van der Waals surface area contributed by atoms with Gasteiger partial charge in [-0.15, -0.1) is 0 Å². The fourth-order valence-corrected chi connectivity index (χ4v) is 1.44. The lowest BCUT2D eigenvalue weighted by molar-refractivity contribution is -0.440. The first-order valence-electron chi connectivity index (χ1n) is 6.33. The van der Waals surface area contributed by atoms with Crippen molar-refractivity contribution >= 4 is 5.91 Å². The molecular formula is C12H8F10N2O2. The Hall–Kier alpha value is -2.12. The Kier molecular flexibility index (Phi) is 6.11. The Morgan fingerprint density at radius 2 is 1.50 bits per heavy atom. The molecular weight excluding hydrogens is 394 g/mol. The highest BCUT2D eigenvalue weighted by molar-refractivity contribution is 5.81. The van der Waals surface area contributed by atoms with E-state index < -0.39 is 42.9 Å². The van der Waals surface area contributed by atoms with Crippen LogP contribution in [0, 0.1) is 0 Å². The van der Waals surface area contributed by atoms with Crippen LogP contribution in [0.15, 0.2) is 24.5 Å². The molecule has 0 aromatic carbocycles. The monoisotopic (exact) mass is 402 g/mol. The van der Waals surface area contributed by atoms with Crippen LogP contribution in [-0.2, 0) is 16.1 Å². The Morgan fingerprint density at radius 1 is 1.00 bits per heavy atom. The predicted molar refractivity (Wildman–Crippen MR) is 63.0 cm³/mol. The minimum atomic E-state index is -6.96. The van der Waals surface area contributed by atoms with Crippen LogP contribution in [0.5, 0.6) is 0 Å². The van der Waals surface area contributed by atoms with E-state index in [1.165, 1.54) is 17.4 Å². The number of aromatic nitrogens is 1. The minimum absolute atomic E-state index is 0.140. The molecule has 0 aliphatic heterocycles. The van der Waals surface area contributed by atoms with Crippen molar-refractivity contribution in [3.05, 3.63) is 30.1 Å². The zero-order chi connectivity index (χ0) is 20.4. The van der Waals surface area contributed by atoms with Crippen LogP contribution >= 0.6 is 0 Å². The van der Waals surface area contributed by atoms with Gasteiger partial charge in [0, 0.05) is 18.9 Å².